The van der Waals surface area contributed by atoms with E-state index in [1.165, 1.54) is 38.5 Å². The van der Waals surface area contributed by atoms with E-state index < -0.39 is 80.6 Å². The monoisotopic (exact) mass is 552 g/mol. The van der Waals surface area contributed by atoms with E-state index in [0.29, 0.717) is 6.42 Å². The summed E-state index contributed by atoms with van der Waals surface area (Å²) in [6, 6.07) is 0. The van der Waals surface area contributed by atoms with E-state index in [-0.39, 0.29) is 6.42 Å². The molecule has 0 saturated carbocycles. The Morgan fingerprint density at radius 2 is 1.32 bits per heavy atom. The fourth-order valence-electron chi connectivity index (χ4n) is 4.89. The van der Waals surface area contributed by atoms with Gasteiger partial charge >= 0.3 is 5.97 Å². The molecular weight excluding hydrogens is 504 g/mol. The van der Waals surface area contributed by atoms with Crippen molar-refractivity contribution in [3.63, 3.8) is 0 Å². The van der Waals surface area contributed by atoms with Gasteiger partial charge in [-0.1, -0.05) is 71.1 Å². The zero-order valence-electron chi connectivity index (χ0n) is 22.4. The average molecular weight is 553 g/mol. The van der Waals surface area contributed by atoms with Crippen LogP contribution in [0, 0.1) is 0 Å². The van der Waals surface area contributed by atoms with Gasteiger partial charge in [-0.05, 0) is 6.42 Å². The van der Waals surface area contributed by atoms with Crippen LogP contribution in [0.25, 0.3) is 0 Å². The highest BCUT2D eigenvalue weighted by Crippen LogP contribution is 2.36. The van der Waals surface area contributed by atoms with E-state index in [2.05, 4.69) is 6.92 Å². The maximum Gasteiger partial charge on any atom is 0.306 e. The molecular formula is C26H48O12. The Hall–Kier alpha value is -0.930. The van der Waals surface area contributed by atoms with Gasteiger partial charge in [-0.25, -0.2) is 0 Å². The van der Waals surface area contributed by atoms with Gasteiger partial charge in [0.05, 0.1) is 13.2 Å². The normalized spacial score (nSPS) is 35.5. The maximum atomic E-state index is 12.5. The number of carbonyl (C=O) groups is 1. The van der Waals surface area contributed by atoms with Crippen molar-refractivity contribution in [3.05, 3.63) is 0 Å². The Morgan fingerprint density at radius 1 is 0.763 bits per heavy atom. The highest BCUT2D eigenvalue weighted by atomic mass is 16.8. The molecule has 2 fully saturated rings. The average Bonchev–Trinajstić information content (AvgIpc) is 3.16. The summed E-state index contributed by atoms with van der Waals surface area (Å²) in [4.78, 5) is 12.5. The minimum absolute atomic E-state index is 0.0576. The first kappa shape index (κ1) is 33.3. The van der Waals surface area contributed by atoms with Gasteiger partial charge in [0.25, 0.3) is 0 Å². The molecule has 7 N–H and O–H groups in total. The lowest BCUT2D eigenvalue weighted by molar-refractivity contribution is -0.384. The zero-order valence-corrected chi connectivity index (χ0v) is 22.4. The Kier molecular flexibility index (Phi) is 14.9. The Morgan fingerprint density at radius 3 is 1.82 bits per heavy atom. The number of aliphatic hydroxyl groups is 7. The summed E-state index contributed by atoms with van der Waals surface area (Å²) in [5.74, 6) is -2.95. The number of hydrogen-bond donors (Lipinski definition) is 7. The van der Waals surface area contributed by atoms with E-state index in [0.717, 1.165) is 25.7 Å². The van der Waals surface area contributed by atoms with Crippen molar-refractivity contribution in [1.29, 1.82) is 0 Å². The smallest absolute Gasteiger partial charge is 0.306 e. The third-order valence-corrected chi connectivity index (χ3v) is 7.30. The molecule has 2 aliphatic rings. The summed E-state index contributed by atoms with van der Waals surface area (Å²) >= 11 is 0. The minimum Gasteiger partial charge on any atom is -0.454 e. The van der Waals surface area contributed by atoms with Gasteiger partial charge < -0.3 is 54.7 Å². The van der Waals surface area contributed by atoms with Gasteiger partial charge in [0.15, 0.2) is 6.10 Å². The first-order chi connectivity index (χ1) is 18.2. The van der Waals surface area contributed by atoms with Gasteiger partial charge in [-0.2, -0.15) is 0 Å². The lowest BCUT2D eigenvalue weighted by atomic mass is 9.98. The molecule has 12 nitrogen and oxygen atoms in total. The molecule has 0 aromatic heterocycles. The first-order valence-electron chi connectivity index (χ1n) is 14.0. The third-order valence-electron chi connectivity index (χ3n) is 7.30. The van der Waals surface area contributed by atoms with E-state index in [1.54, 1.807) is 0 Å². The van der Waals surface area contributed by atoms with Crippen LogP contribution in [0.3, 0.4) is 0 Å². The number of rotatable bonds is 18. The molecule has 224 valence electrons. The number of ether oxygens (including phenoxy) is 4. The standard InChI is InChI=1S/C26H48O12/c1-2-3-4-5-6-7-8-9-10-11-12-13-19(30)36-23-22(33)20(31)17(14-27)35-25(23)38-26(16-29)24(34)21(32)18(15-28)37-26/h17-18,20-25,27-29,31-34H,2-16H2,1H3/t17-,18-,20-,21-,22+,23-,24+,25-,26-/m1/s1. The number of aliphatic hydroxyl groups excluding tert-OH is 7. The van der Waals surface area contributed by atoms with Gasteiger partial charge in [0, 0.05) is 6.42 Å². The largest absolute Gasteiger partial charge is 0.454 e. The van der Waals surface area contributed by atoms with E-state index in [1.807, 2.05) is 0 Å². The molecule has 0 amide bonds. The highest BCUT2D eigenvalue weighted by molar-refractivity contribution is 5.69. The maximum absolute atomic E-state index is 12.5. The Labute approximate surface area is 224 Å². The van der Waals surface area contributed by atoms with Crippen molar-refractivity contribution in [2.45, 2.75) is 139 Å². The van der Waals surface area contributed by atoms with Crippen molar-refractivity contribution in [2.24, 2.45) is 0 Å². The van der Waals surface area contributed by atoms with Crippen LogP contribution in [0.15, 0.2) is 0 Å². The molecule has 0 unspecified atom stereocenters. The second-order valence-corrected chi connectivity index (χ2v) is 10.3. The summed E-state index contributed by atoms with van der Waals surface area (Å²) in [6.45, 7) is -0.184. The quantitative estimate of drug-likeness (QED) is 0.0879. The summed E-state index contributed by atoms with van der Waals surface area (Å²) in [5, 5.41) is 70.2. The summed E-state index contributed by atoms with van der Waals surface area (Å²) < 4.78 is 21.8. The van der Waals surface area contributed by atoms with Crippen LogP contribution in [0.5, 0.6) is 0 Å². The molecule has 2 aliphatic heterocycles. The second-order valence-electron chi connectivity index (χ2n) is 10.3. The molecule has 0 aromatic carbocycles. The van der Waals surface area contributed by atoms with Crippen molar-refractivity contribution >= 4 is 5.97 Å². The lowest BCUT2D eigenvalue weighted by Gasteiger charge is -2.44. The molecule has 2 rings (SSSR count). The molecule has 0 spiro atoms. The predicted molar refractivity (Wildman–Crippen MR) is 134 cm³/mol. The molecule has 38 heavy (non-hydrogen) atoms. The first-order valence-corrected chi connectivity index (χ1v) is 14.0. The summed E-state index contributed by atoms with van der Waals surface area (Å²) in [5.41, 5.74) is 0. The predicted octanol–water partition coefficient (Wildman–Crippen LogP) is -0.144. The number of esters is 1. The van der Waals surface area contributed by atoms with Crippen LogP contribution in [-0.4, -0.2) is 116 Å². The van der Waals surface area contributed by atoms with E-state index >= 15 is 0 Å². The van der Waals surface area contributed by atoms with Gasteiger partial charge in [0.2, 0.25) is 12.1 Å². The topological polar surface area (TPSA) is 196 Å². The van der Waals surface area contributed by atoms with Crippen molar-refractivity contribution in [1.82, 2.24) is 0 Å². The van der Waals surface area contributed by atoms with E-state index in [9.17, 15) is 40.5 Å². The molecule has 0 aromatic rings. The third kappa shape index (κ3) is 9.05. The molecule has 0 radical (unpaired) electrons. The van der Waals surface area contributed by atoms with Crippen LogP contribution < -0.4 is 0 Å². The minimum atomic E-state index is -2.28. The molecule has 0 bridgehead atoms. The van der Waals surface area contributed by atoms with Crippen molar-refractivity contribution < 1.29 is 59.5 Å². The number of carbonyl (C=O) groups excluding carboxylic acids is 1. The summed E-state index contributed by atoms with van der Waals surface area (Å²) in [7, 11) is 0. The van der Waals surface area contributed by atoms with Crippen molar-refractivity contribution in [2.75, 3.05) is 19.8 Å². The number of unbranched alkanes of at least 4 members (excludes halogenated alkanes) is 10. The van der Waals surface area contributed by atoms with E-state index in [4.69, 9.17) is 18.9 Å². The van der Waals surface area contributed by atoms with Crippen LogP contribution in [0.1, 0.15) is 84.0 Å². The SMILES string of the molecule is CCCCCCCCCCCCCC(=O)O[C@H]1[C@@H](O[C@@]2(CO)O[C@H](CO)[C@@H](O)[C@@H]2O)O[C@H](CO)[C@@H](O)[C@@H]1O. The number of hydrogen-bond acceptors (Lipinski definition) is 12. The molecule has 2 saturated heterocycles. The van der Waals surface area contributed by atoms with Crippen molar-refractivity contribution in [3.8, 4) is 0 Å². The molecule has 9 atom stereocenters. The second kappa shape index (κ2) is 17.0. The fourth-order valence-corrected chi connectivity index (χ4v) is 4.89. The zero-order chi connectivity index (χ0) is 28.1. The van der Waals surface area contributed by atoms with Crippen LogP contribution in [0.2, 0.25) is 0 Å². The van der Waals surface area contributed by atoms with Crippen LogP contribution in [-0.2, 0) is 23.7 Å². The van der Waals surface area contributed by atoms with Gasteiger partial charge in [-0.3, -0.25) is 4.79 Å². The molecule has 12 heteroatoms. The van der Waals surface area contributed by atoms with Crippen LogP contribution >= 0.6 is 0 Å². The Balaban J connectivity index is 1.87. The highest BCUT2D eigenvalue weighted by Gasteiger charge is 2.59. The van der Waals surface area contributed by atoms with Gasteiger partial charge in [-0.15, -0.1) is 0 Å². The Bertz CT molecular complexity index is 666. The lowest BCUT2D eigenvalue weighted by Crippen LogP contribution is -2.63. The molecule has 2 heterocycles. The molecule has 0 aliphatic carbocycles. The van der Waals surface area contributed by atoms with Crippen LogP contribution in [0.4, 0.5) is 0 Å². The van der Waals surface area contributed by atoms with Gasteiger partial charge in [0.1, 0.15) is 43.2 Å². The fraction of sp³-hybridized carbons (Fsp3) is 0.962. The summed E-state index contributed by atoms with van der Waals surface area (Å²) in [6.07, 6.45) is -0.375.